The van der Waals surface area contributed by atoms with Gasteiger partial charge in [-0.15, -0.1) is 0 Å². The largest absolute Gasteiger partial charge is 0.325 e. The first kappa shape index (κ1) is 28.3. The number of rotatable bonds is 8. The van der Waals surface area contributed by atoms with Crippen molar-refractivity contribution in [3.8, 4) is 0 Å². The molecule has 2 aromatic rings. The number of hydrogen-bond donors (Lipinski definition) is 1. The van der Waals surface area contributed by atoms with Crippen LogP contribution in [0, 0.1) is 17.8 Å². The standard InChI is InChI=1S/C33H51N5O2S/c1-41(39,40)34-14-16-36-15-13-26(23-36)20-33-35-31-11-4-5-12-32(31)38(33)30-21-27-9-6-10-28(22-30)37(27)29-18-24-7-2-3-8-25(17-24)19-29/h4-5,11-12,24-30,34H,2-3,6-10,13-23H2,1H3/t24-,25+,26?,27-,28+,29?,30?. The summed E-state index contributed by atoms with van der Waals surface area (Å²) in [7, 11) is -3.13. The first-order valence-corrected chi connectivity index (χ1v) is 18.7. The van der Waals surface area contributed by atoms with Crippen molar-refractivity contribution < 1.29 is 8.42 Å². The van der Waals surface area contributed by atoms with Gasteiger partial charge in [-0.3, -0.25) is 4.90 Å². The zero-order chi connectivity index (χ0) is 28.0. The Hall–Kier alpha value is -1.48. The fourth-order valence-corrected chi connectivity index (χ4v) is 10.3. The molecule has 5 aliphatic rings. The van der Waals surface area contributed by atoms with Crippen LogP contribution in [-0.2, 0) is 16.4 Å². The van der Waals surface area contributed by atoms with Gasteiger partial charge in [0.15, 0.2) is 0 Å². The van der Waals surface area contributed by atoms with Gasteiger partial charge in [-0.1, -0.05) is 44.2 Å². The van der Waals surface area contributed by atoms with Crippen molar-refractivity contribution in [2.24, 2.45) is 17.8 Å². The van der Waals surface area contributed by atoms with Crippen LogP contribution in [0.2, 0.25) is 0 Å². The van der Waals surface area contributed by atoms with E-state index in [0.29, 0.717) is 18.5 Å². The van der Waals surface area contributed by atoms with Crippen molar-refractivity contribution in [3.05, 3.63) is 30.1 Å². The van der Waals surface area contributed by atoms with Crippen LogP contribution >= 0.6 is 0 Å². The summed E-state index contributed by atoms with van der Waals surface area (Å²) in [4.78, 5) is 10.8. The lowest BCUT2D eigenvalue weighted by molar-refractivity contribution is -0.0420. The van der Waals surface area contributed by atoms with Crippen LogP contribution in [0.5, 0.6) is 0 Å². The lowest BCUT2D eigenvalue weighted by Crippen LogP contribution is -2.58. The van der Waals surface area contributed by atoms with Crippen LogP contribution in [0.3, 0.4) is 0 Å². The van der Waals surface area contributed by atoms with Crippen LogP contribution in [0.1, 0.15) is 95.3 Å². The highest BCUT2D eigenvalue weighted by Gasteiger charge is 2.45. The highest BCUT2D eigenvalue weighted by atomic mass is 32.2. The van der Waals surface area contributed by atoms with E-state index in [1.165, 1.54) is 94.6 Å². The molecule has 7 rings (SSSR count). The number of benzene rings is 1. The molecule has 226 valence electrons. The fourth-order valence-electron chi connectivity index (χ4n) is 9.88. The average Bonchev–Trinajstić information content (AvgIpc) is 3.48. The number of nitrogens with zero attached hydrogens (tertiary/aromatic N) is 4. The van der Waals surface area contributed by atoms with Gasteiger partial charge in [0, 0.05) is 50.2 Å². The molecule has 8 heteroatoms. The molecule has 3 aliphatic heterocycles. The van der Waals surface area contributed by atoms with Gasteiger partial charge in [-0.05, 0) is 87.8 Å². The van der Waals surface area contributed by atoms with Gasteiger partial charge in [-0.25, -0.2) is 18.1 Å². The van der Waals surface area contributed by atoms with Crippen molar-refractivity contribution in [1.29, 1.82) is 0 Å². The van der Waals surface area contributed by atoms with Crippen molar-refractivity contribution >= 4 is 21.1 Å². The molecule has 4 heterocycles. The molecule has 41 heavy (non-hydrogen) atoms. The Labute approximate surface area is 247 Å². The number of hydrogen-bond acceptors (Lipinski definition) is 5. The summed E-state index contributed by atoms with van der Waals surface area (Å²) in [6.07, 6.45) is 20.5. The molecule has 7 atom stereocenters. The zero-order valence-corrected chi connectivity index (χ0v) is 25.9. The second kappa shape index (κ2) is 11.9. The van der Waals surface area contributed by atoms with E-state index in [1.54, 1.807) is 0 Å². The lowest BCUT2D eigenvalue weighted by Gasteiger charge is -2.54. The summed E-state index contributed by atoms with van der Waals surface area (Å²) in [6.45, 7) is 3.35. The summed E-state index contributed by atoms with van der Waals surface area (Å²) in [5, 5.41) is 0. The number of imidazole rings is 1. The van der Waals surface area contributed by atoms with Crippen LogP contribution in [0.25, 0.3) is 11.0 Å². The minimum absolute atomic E-state index is 0.494. The molecule has 4 bridgehead atoms. The van der Waals surface area contributed by atoms with Gasteiger partial charge in [0.2, 0.25) is 10.0 Å². The van der Waals surface area contributed by atoms with Crippen molar-refractivity contribution in [2.45, 2.75) is 114 Å². The summed E-state index contributed by atoms with van der Waals surface area (Å²) in [5.74, 6) is 3.83. The molecule has 0 amide bonds. The number of likely N-dealkylation sites (tertiary alicyclic amines) is 1. The van der Waals surface area contributed by atoms with Crippen molar-refractivity contribution in [2.75, 3.05) is 32.4 Å². The summed E-state index contributed by atoms with van der Waals surface area (Å²) >= 11 is 0. The Morgan fingerprint density at radius 2 is 1.59 bits per heavy atom. The Balaban J connectivity index is 1.08. The highest BCUT2D eigenvalue weighted by molar-refractivity contribution is 7.88. The van der Waals surface area contributed by atoms with E-state index in [9.17, 15) is 8.42 Å². The number of nitrogens with one attached hydrogen (secondary N) is 1. The maximum Gasteiger partial charge on any atom is 0.208 e. The predicted octanol–water partition coefficient (Wildman–Crippen LogP) is 5.37. The van der Waals surface area contributed by atoms with Crippen LogP contribution in [0.4, 0.5) is 0 Å². The topological polar surface area (TPSA) is 70.5 Å². The number of aromatic nitrogens is 2. The van der Waals surface area contributed by atoms with E-state index >= 15 is 0 Å². The lowest BCUT2D eigenvalue weighted by atomic mass is 9.73. The van der Waals surface area contributed by atoms with Crippen LogP contribution in [0.15, 0.2) is 24.3 Å². The molecule has 2 aliphatic carbocycles. The molecule has 1 N–H and O–H groups in total. The Kier molecular flexibility index (Phi) is 8.21. The molecule has 3 saturated heterocycles. The fraction of sp³-hybridized carbons (Fsp3) is 0.788. The number of fused-ring (bicyclic) bond motifs is 5. The summed E-state index contributed by atoms with van der Waals surface area (Å²) in [5.41, 5.74) is 2.48. The number of para-hydroxylation sites is 2. The van der Waals surface area contributed by atoms with Crippen LogP contribution < -0.4 is 4.72 Å². The Morgan fingerprint density at radius 1 is 0.854 bits per heavy atom. The predicted molar refractivity (Wildman–Crippen MR) is 165 cm³/mol. The maximum atomic E-state index is 11.5. The van der Waals surface area contributed by atoms with Gasteiger partial charge in [-0.2, -0.15) is 0 Å². The van der Waals surface area contributed by atoms with Gasteiger partial charge in [0.25, 0.3) is 0 Å². The first-order valence-electron chi connectivity index (χ1n) is 16.8. The van der Waals surface area contributed by atoms with Gasteiger partial charge < -0.3 is 9.47 Å². The third-order valence-corrected chi connectivity index (χ3v) is 12.2. The molecule has 3 unspecified atom stereocenters. The van der Waals surface area contributed by atoms with Gasteiger partial charge in [0.1, 0.15) is 5.82 Å². The monoisotopic (exact) mass is 581 g/mol. The second-order valence-corrected chi connectivity index (χ2v) is 16.2. The molecule has 7 nitrogen and oxygen atoms in total. The summed E-state index contributed by atoms with van der Waals surface area (Å²) < 4.78 is 28.3. The van der Waals surface area contributed by atoms with Crippen molar-refractivity contribution in [1.82, 2.24) is 24.1 Å². The molecule has 1 aromatic carbocycles. The van der Waals surface area contributed by atoms with Crippen LogP contribution in [-0.4, -0.2) is 78.3 Å². The number of sulfonamides is 1. The quantitative estimate of drug-likeness (QED) is 0.454. The van der Waals surface area contributed by atoms with E-state index < -0.39 is 10.0 Å². The minimum Gasteiger partial charge on any atom is -0.325 e. The molecule has 2 saturated carbocycles. The smallest absolute Gasteiger partial charge is 0.208 e. The van der Waals surface area contributed by atoms with E-state index in [4.69, 9.17) is 4.98 Å². The van der Waals surface area contributed by atoms with Gasteiger partial charge >= 0.3 is 0 Å². The molecule has 0 spiro atoms. The second-order valence-electron chi connectivity index (χ2n) is 14.4. The minimum atomic E-state index is -3.13. The average molecular weight is 582 g/mol. The molecular weight excluding hydrogens is 530 g/mol. The van der Waals surface area contributed by atoms with E-state index in [1.807, 2.05) is 0 Å². The van der Waals surface area contributed by atoms with E-state index in [2.05, 4.69) is 43.4 Å². The van der Waals surface area contributed by atoms with Gasteiger partial charge in [0.05, 0.1) is 17.3 Å². The van der Waals surface area contributed by atoms with E-state index in [-0.39, 0.29) is 0 Å². The summed E-state index contributed by atoms with van der Waals surface area (Å²) in [6, 6.07) is 11.7. The Bertz CT molecular complexity index is 1280. The molecule has 1 aromatic heterocycles. The third-order valence-electron chi connectivity index (χ3n) is 11.4. The molecular formula is C33H51N5O2S. The molecule has 0 radical (unpaired) electrons. The van der Waals surface area contributed by atoms with E-state index in [0.717, 1.165) is 68.0 Å². The normalized spacial score (nSPS) is 35.1. The SMILES string of the molecule is CS(=O)(=O)NCCN1CCC(Cc2nc3ccccc3n2C2C[C@H]3CCC[C@@H](C2)N3C2C[C@H]3CCCC[C@@H](C2)C3)C1. The zero-order valence-electron chi connectivity index (χ0n) is 25.1. The van der Waals surface area contributed by atoms with Crippen molar-refractivity contribution in [3.63, 3.8) is 0 Å². The Morgan fingerprint density at radius 3 is 2.32 bits per heavy atom. The number of piperidine rings is 2. The highest BCUT2D eigenvalue weighted by Crippen LogP contribution is 2.47. The molecule has 5 fully saturated rings. The first-order chi connectivity index (χ1) is 19.9. The third kappa shape index (κ3) is 6.27. The maximum absolute atomic E-state index is 11.5.